The fourth-order valence-electron chi connectivity index (χ4n) is 2.69. The van der Waals surface area contributed by atoms with Crippen molar-refractivity contribution in [2.75, 3.05) is 20.3 Å². The van der Waals surface area contributed by atoms with Crippen molar-refractivity contribution in [3.05, 3.63) is 22.4 Å². The smallest absolute Gasteiger partial charge is 0.270 e. The van der Waals surface area contributed by atoms with Crippen LogP contribution in [0.1, 0.15) is 42.2 Å². The number of ether oxygens (including phenoxy) is 1. The highest BCUT2D eigenvalue weighted by molar-refractivity contribution is 9.10. The summed E-state index contributed by atoms with van der Waals surface area (Å²) in [6.07, 6.45) is 6.27. The maximum atomic E-state index is 12.7. The third-order valence-corrected chi connectivity index (χ3v) is 4.47. The normalized spacial score (nSPS) is 20.5. The van der Waals surface area contributed by atoms with E-state index in [1.165, 1.54) is 12.8 Å². The van der Waals surface area contributed by atoms with E-state index in [9.17, 15) is 4.79 Å². The number of carbonyl (C=O) groups excluding carboxylic acids is 1. The molecular formula is C14H19BrN2O2. The Morgan fingerprint density at radius 2 is 2.05 bits per heavy atom. The van der Waals surface area contributed by atoms with Crippen molar-refractivity contribution in [2.24, 2.45) is 0 Å². The summed E-state index contributed by atoms with van der Waals surface area (Å²) in [6.45, 7) is 1.52. The second-order valence-corrected chi connectivity index (χ2v) is 6.36. The van der Waals surface area contributed by atoms with Crippen LogP contribution in [0.2, 0.25) is 0 Å². The summed E-state index contributed by atoms with van der Waals surface area (Å²) >= 11 is 3.48. The molecule has 2 fully saturated rings. The largest absolute Gasteiger partial charge is 0.381 e. The second kappa shape index (κ2) is 5.29. The van der Waals surface area contributed by atoms with Gasteiger partial charge in [-0.25, -0.2) is 0 Å². The summed E-state index contributed by atoms with van der Waals surface area (Å²) in [5.74, 6) is 0.129. The number of halogens is 1. The van der Waals surface area contributed by atoms with Crippen molar-refractivity contribution in [3.8, 4) is 0 Å². The third-order valence-electron chi connectivity index (χ3n) is 4.03. The van der Waals surface area contributed by atoms with Gasteiger partial charge in [0.05, 0.1) is 0 Å². The lowest BCUT2D eigenvalue weighted by Crippen LogP contribution is -2.41. The Balaban J connectivity index is 1.78. The number of hydrogen-bond donors (Lipinski definition) is 0. The van der Waals surface area contributed by atoms with Crippen LogP contribution in [0.25, 0.3) is 0 Å². The first-order chi connectivity index (χ1) is 9.16. The second-order valence-electron chi connectivity index (χ2n) is 5.44. The number of carbonyl (C=O) groups is 1. The maximum Gasteiger partial charge on any atom is 0.270 e. The van der Waals surface area contributed by atoms with Crippen LogP contribution < -0.4 is 0 Å². The van der Waals surface area contributed by atoms with Gasteiger partial charge in [0, 0.05) is 43.0 Å². The van der Waals surface area contributed by atoms with Crippen molar-refractivity contribution < 1.29 is 9.53 Å². The van der Waals surface area contributed by atoms with Gasteiger partial charge in [0.2, 0.25) is 0 Å². The van der Waals surface area contributed by atoms with Crippen molar-refractivity contribution in [3.63, 3.8) is 0 Å². The van der Waals surface area contributed by atoms with Crippen LogP contribution in [0.5, 0.6) is 0 Å². The molecule has 4 nitrogen and oxygen atoms in total. The molecule has 0 spiro atoms. The first-order valence-electron chi connectivity index (χ1n) is 6.89. The lowest BCUT2D eigenvalue weighted by atomic mass is 10.1. The summed E-state index contributed by atoms with van der Waals surface area (Å²) < 4.78 is 8.48. The van der Waals surface area contributed by atoms with Crippen molar-refractivity contribution >= 4 is 21.8 Å². The number of nitrogens with zero attached hydrogens (tertiary/aromatic N) is 2. The summed E-state index contributed by atoms with van der Waals surface area (Å²) in [7, 11) is 1.91. The lowest BCUT2D eigenvalue weighted by Gasteiger charge is -2.31. The van der Waals surface area contributed by atoms with E-state index in [-0.39, 0.29) is 5.91 Å². The standard InChI is InChI=1S/C14H19BrN2O2/c1-16(11-4-6-19-7-5-11)14(18)13-8-10(15)9-17(13)12-2-3-12/h8-9,11-12H,2-7H2,1H3. The Labute approximate surface area is 121 Å². The van der Waals surface area contributed by atoms with Gasteiger partial charge in [-0.3, -0.25) is 4.79 Å². The Kier molecular flexibility index (Phi) is 3.67. The molecule has 0 radical (unpaired) electrons. The Morgan fingerprint density at radius 1 is 1.37 bits per heavy atom. The highest BCUT2D eigenvalue weighted by Crippen LogP contribution is 2.37. The van der Waals surface area contributed by atoms with Gasteiger partial charge in [0.25, 0.3) is 5.91 Å². The fraction of sp³-hybridized carbons (Fsp3) is 0.643. The van der Waals surface area contributed by atoms with Gasteiger partial charge in [-0.05, 0) is 47.7 Å². The Bertz CT molecular complexity index is 476. The number of aromatic nitrogens is 1. The molecule has 0 atom stereocenters. The van der Waals surface area contributed by atoms with E-state index in [1.807, 2.05) is 24.2 Å². The first-order valence-corrected chi connectivity index (χ1v) is 7.68. The average Bonchev–Trinajstić information content (AvgIpc) is 3.21. The van der Waals surface area contributed by atoms with E-state index in [0.717, 1.165) is 36.2 Å². The predicted molar refractivity (Wildman–Crippen MR) is 76.3 cm³/mol. The molecule has 3 rings (SSSR count). The zero-order valence-corrected chi connectivity index (χ0v) is 12.7. The van der Waals surface area contributed by atoms with Gasteiger partial charge < -0.3 is 14.2 Å². The van der Waals surface area contributed by atoms with E-state index < -0.39 is 0 Å². The van der Waals surface area contributed by atoms with Crippen molar-refractivity contribution in [1.82, 2.24) is 9.47 Å². The minimum absolute atomic E-state index is 0.129. The zero-order valence-electron chi connectivity index (χ0n) is 11.1. The maximum absolute atomic E-state index is 12.7. The summed E-state index contributed by atoms with van der Waals surface area (Å²) in [4.78, 5) is 14.5. The van der Waals surface area contributed by atoms with Crippen molar-refractivity contribution in [1.29, 1.82) is 0 Å². The summed E-state index contributed by atoms with van der Waals surface area (Å²) in [6, 6.07) is 2.77. The number of amides is 1. The molecule has 2 aliphatic rings. The molecule has 0 aromatic carbocycles. The molecule has 0 unspecified atom stereocenters. The van der Waals surface area contributed by atoms with Gasteiger partial charge in [-0.1, -0.05) is 0 Å². The van der Waals surface area contributed by atoms with Crippen LogP contribution in [0, 0.1) is 0 Å². The predicted octanol–water partition coefficient (Wildman–Crippen LogP) is 2.84. The molecule has 1 aliphatic carbocycles. The van der Waals surface area contributed by atoms with Crippen LogP contribution in [0.4, 0.5) is 0 Å². The monoisotopic (exact) mass is 326 g/mol. The highest BCUT2D eigenvalue weighted by atomic mass is 79.9. The molecule has 0 bridgehead atoms. The quantitative estimate of drug-likeness (QED) is 0.856. The van der Waals surface area contributed by atoms with Gasteiger partial charge in [-0.15, -0.1) is 0 Å². The van der Waals surface area contributed by atoms with Gasteiger partial charge >= 0.3 is 0 Å². The molecule has 1 saturated carbocycles. The number of rotatable bonds is 3. The lowest BCUT2D eigenvalue weighted by molar-refractivity contribution is 0.0356. The number of hydrogen-bond acceptors (Lipinski definition) is 2. The van der Waals surface area contributed by atoms with Gasteiger partial charge in [0.15, 0.2) is 0 Å². The van der Waals surface area contributed by atoms with Crippen molar-refractivity contribution in [2.45, 2.75) is 37.8 Å². The van der Waals surface area contributed by atoms with Crippen LogP contribution in [0.3, 0.4) is 0 Å². The average molecular weight is 327 g/mol. The molecule has 1 amide bonds. The molecule has 1 aliphatic heterocycles. The molecule has 2 heterocycles. The Morgan fingerprint density at radius 3 is 2.68 bits per heavy atom. The van der Waals surface area contributed by atoms with Gasteiger partial charge in [-0.2, -0.15) is 0 Å². The third kappa shape index (κ3) is 2.72. The molecular weight excluding hydrogens is 308 g/mol. The van der Waals surface area contributed by atoms with E-state index in [1.54, 1.807) is 0 Å². The van der Waals surface area contributed by atoms with E-state index in [2.05, 4.69) is 20.5 Å². The fourth-order valence-corrected chi connectivity index (χ4v) is 3.13. The molecule has 1 aromatic heterocycles. The molecule has 1 aromatic rings. The van der Waals surface area contributed by atoms with Crippen LogP contribution in [-0.4, -0.2) is 41.7 Å². The van der Waals surface area contributed by atoms with E-state index in [4.69, 9.17) is 4.74 Å². The van der Waals surface area contributed by atoms with Crippen LogP contribution >= 0.6 is 15.9 Å². The summed E-state index contributed by atoms with van der Waals surface area (Å²) in [5.41, 5.74) is 0.809. The van der Waals surface area contributed by atoms with Crippen LogP contribution in [0.15, 0.2) is 16.7 Å². The van der Waals surface area contributed by atoms with E-state index >= 15 is 0 Å². The Hall–Kier alpha value is -0.810. The molecule has 0 N–H and O–H groups in total. The van der Waals surface area contributed by atoms with E-state index in [0.29, 0.717) is 12.1 Å². The minimum atomic E-state index is 0.129. The SMILES string of the molecule is CN(C(=O)c1cc(Br)cn1C1CC1)C1CCOCC1. The zero-order chi connectivity index (χ0) is 13.4. The topological polar surface area (TPSA) is 34.5 Å². The van der Waals surface area contributed by atoms with Crippen LogP contribution in [-0.2, 0) is 4.74 Å². The molecule has 19 heavy (non-hydrogen) atoms. The first kappa shape index (κ1) is 13.2. The molecule has 1 saturated heterocycles. The molecule has 104 valence electrons. The minimum Gasteiger partial charge on any atom is -0.381 e. The van der Waals surface area contributed by atoms with Gasteiger partial charge in [0.1, 0.15) is 5.69 Å². The summed E-state index contributed by atoms with van der Waals surface area (Å²) in [5, 5.41) is 0. The molecule has 5 heteroatoms. The highest BCUT2D eigenvalue weighted by Gasteiger charge is 2.30.